The van der Waals surface area contributed by atoms with E-state index in [1.54, 1.807) is 0 Å². The van der Waals surface area contributed by atoms with Crippen LogP contribution in [0.15, 0.2) is 84.9 Å². The summed E-state index contributed by atoms with van der Waals surface area (Å²) in [6.07, 6.45) is 0. The molecule has 4 aromatic carbocycles. The van der Waals surface area contributed by atoms with Gasteiger partial charge in [-0.05, 0) is 98.5 Å². The molecule has 0 N–H and O–H groups in total. The molecule has 0 aliphatic carbocycles. The van der Waals surface area contributed by atoms with Gasteiger partial charge < -0.3 is 19.3 Å². The molecule has 1 heterocycles. The molecule has 0 unspecified atom stereocenters. The first-order chi connectivity index (χ1) is 17.7. The first kappa shape index (κ1) is 23.8. The maximum atomic E-state index is 5.63. The van der Waals surface area contributed by atoms with Crippen molar-refractivity contribution in [2.45, 2.75) is 27.7 Å². The number of hydrogen-bond donors (Lipinski definition) is 0. The Balaban J connectivity index is 1.53. The Bertz CT molecular complexity index is 1220. The molecule has 0 spiro atoms. The second-order valence-electron chi connectivity index (χ2n) is 8.81. The highest BCUT2D eigenvalue weighted by atomic mass is 16.5. The van der Waals surface area contributed by atoms with E-state index in [1.807, 2.05) is 38.1 Å². The SMILES string of the molecule is CCOc1ccc(-c2ccc3c(c2)N(CC)c2ccc(-c4ccc(OCC)cc4)cc2N3CC)cc1. The summed E-state index contributed by atoms with van der Waals surface area (Å²) in [6.45, 7) is 11.6. The third-order valence-electron chi connectivity index (χ3n) is 6.74. The van der Waals surface area contributed by atoms with E-state index in [2.05, 4.69) is 84.3 Å². The molecule has 0 radical (unpaired) electrons. The van der Waals surface area contributed by atoms with Gasteiger partial charge in [0.1, 0.15) is 11.5 Å². The van der Waals surface area contributed by atoms with Gasteiger partial charge in [-0.3, -0.25) is 0 Å². The van der Waals surface area contributed by atoms with Crippen molar-refractivity contribution in [2.24, 2.45) is 0 Å². The van der Waals surface area contributed by atoms with Crippen molar-refractivity contribution in [3.05, 3.63) is 84.9 Å². The van der Waals surface area contributed by atoms with Crippen LogP contribution < -0.4 is 19.3 Å². The highest BCUT2D eigenvalue weighted by Gasteiger charge is 2.27. The number of rotatable bonds is 8. The fourth-order valence-corrected chi connectivity index (χ4v) is 5.06. The molecule has 0 saturated heterocycles. The summed E-state index contributed by atoms with van der Waals surface area (Å²) >= 11 is 0. The average molecular weight is 479 g/mol. The molecule has 1 aliphatic heterocycles. The molecule has 184 valence electrons. The van der Waals surface area contributed by atoms with E-state index < -0.39 is 0 Å². The number of nitrogens with zero attached hydrogens (tertiary/aromatic N) is 2. The Morgan fingerprint density at radius 2 is 0.806 bits per heavy atom. The lowest BCUT2D eigenvalue weighted by Crippen LogP contribution is -2.29. The summed E-state index contributed by atoms with van der Waals surface area (Å²) < 4.78 is 11.3. The minimum absolute atomic E-state index is 0.677. The second-order valence-corrected chi connectivity index (χ2v) is 8.81. The van der Waals surface area contributed by atoms with Gasteiger partial charge in [-0.15, -0.1) is 0 Å². The summed E-state index contributed by atoms with van der Waals surface area (Å²) in [5.74, 6) is 1.81. The van der Waals surface area contributed by atoms with Gasteiger partial charge in [-0.1, -0.05) is 36.4 Å². The highest BCUT2D eigenvalue weighted by Crippen LogP contribution is 2.50. The monoisotopic (exact) mass is 478 g/mol. The molecule has 4 nitrogen and oxygen atoms in total. The summed E-state index contributed by atoms with van der Waals surface area (Å²) in [6, 6.07) is 30.4. The molecule has 0 atom stereocenters. The van der Waals surface area contributed by atoms with Gasteiger partial charge in [0, 0.05) is 13.1 Å². The number of fused-ring (bicyclic) bond motifs is 2. The van der Waals surface area contributed by atoms with Gasteiger partial charge in [0.15, 0.2) is 0 Å². The Morgan fingerprint density at radius 1 is 0.444 bits per heavy atom. The Morgan fingerprint density at radius 3 is 1.14 bits per heavy atom. The highest BCUT2D eigenvalue weighted by molar-refractivity contribution is 5.96. The van der Waals surface area contributed by atoms with Crippen LogP contribution in [0.3, 0.4) is 0 Å². The molecule has 0 saturated carbocycles. The van der Waals surface area contributed by atoms with Crippen molar-refractivity contribution in [1.82, 2.24) is 0 Å². The van der Waals surface area contributed by atoms with Gasteiger partial charge in [0.25, 0.3) is 0 Å². The van der Waals surface area contributed by atoms with E-state index >= 15 is 0 Å². The quantitative estimate of drug-likeness (QED) is 0.254. The first-order valence-electron chi connectivity index (χ1n) is 13.0. The number of hydrogen-bond acceptors (Lipinski definition) is 4. The second kappa shape index (κ2) is 10.4. The molecule has 36 heavy (non-hydrogen) atoms. The van der Waals surface area contributed by atoms with E-state index in [1.165, 1.54) is 45.0 Å². The van der Waals surface area contributed by atoms with Crippen molar-refractivity contribution in [3.63, 3.8) is 0 Å². The minimum Gasteiger partial charge on any atom is -0.494 e. The maximum Gasteiger partial charge on any atom is 0.119 e. The largest absolute Gasteiger partial charge is 0.494 e. The molecule has 4 aromatic rings. The van der Waals surface area contributed by atoms with Crippen molar-refractivity contribution >= 4 is 22.7 Å². The summed E-state index contributed by atoms with van der Waals surface area (Å²) in [4.78, 5) is 4.85. The third-order valence-corrected chi connectivity index (χ3v) is 6.74. The number of anilines is 4. The Hall–Kier alpha value is -3.92. The standard InChI is InChI=1S/C32H34N2O2/c1-5-33-29-19-13-26(24-11-17-28(18-12-24)36-8-4)22-32(29)34(6-2)30-20-14-25(21-31(30)33)23-9-15-27(16-10-23)35-7-3/h9-22H,5-8H2,1-4H3. The van der Waals surface area contributed by atoms with Crippen molar-refractivity contribution in [1.29, 1.82) is 0 Å². The van der Waals surface area contributed by atoms with Crippen LogP contribution in [0.1, 0.15) is 27.7 Å². The van der Waals surface area contributed by atoms with Gasteiger partial charge in [0.2, 0.25) is 0 Å². The van der Waals surface area contributed by atoms with Crippen LogP contribution in [-0.2, 0) is 0 Å². The lowest BCUT2D eigenvalue weighted by atomic mass is 9.98. The van der Waals surface area contributed by atoms with E-state index in [4.69, 9.17) is 9.47 Å². The fourth-order valence-electron chi connectivity index (χ4n) is 5.06. The molecular weight excluding hydrogens is 444 g/mol. The summed E-state index contributed by atoms with van der Waals surface area (Å²) in [7, 11) is 0. The number of benzene rings is 4. The molecule has 4 heteroatoms. The topological polar surface area (TPSA) is 24.9 Å². The smallest absolute Gasteiger partial charge is 0.119 e. The van der Waals surface area contributed by atoms with Crippen LogP contribution in [0, 0.1) is 0 Å². The van der Waals surface area contributed by atoms with Crippen LogP contribution >= 0.6 is 0 Å². The van der Waals surface area contributed by atoms with Gasteiger partial charge in [-0.25, -0.2) is 0 Å². The molecule has 0 aromatic heterocycles. The predicted octanol–water partition coefficient (Wildman–Crippen LogP) is 8.45. The van der Waals surface area contributed by atoms with E-state index in [0.717, 1.165) is 24.6 Å². The van der Waals surface area contributed by atoms with Crippen LogP contribution in [0.4, 0.5) is 22.7 Å². The molecule has 0 amide bonds. The Kier molecular flexibility index (Phi) is 6.86. The predicted molar refractivity (Wildman–Crippen MR) is 151 cm³/mol. The zero-order valence-electron chi connectivity index (χ0n) is 21.6. The third kappa shape index (κ3) is 4.39. The minimum atomic E-state index is 0.677. The fraction of sp³-hybridized carbons (Fsp3) is 0.250. The van der Waals surface area contributed by atoms with Gasteiger partial charge in [-0.2, -0.15) is 0 Å². The maximum absolute atomic E-state index is 5.63. The van der Waals surface area contributed by atoms with Gasteiger partial charge in [0.05, 0.1) is 36.0 Å². The summed E-state index contributed by atoms with van der Waals surface area (Å²) in [5, 5.41) is 0. The molecule has 0 bridgehead atoms. The van der Waals surface area contributed by atoms with Gasteiger partial charge >= 0.3 is 0 Å². The zero-order valence-corrected chi connectivity index (χ0v) is 21.6. The van der Waals surface area contributed by atoms with E-state index in [9.17, 15) is 0 Å². The lowest BCUT2D eigenvalue weighted by Gasteiger charge is -2.40. The van der Waals surface area contributed by atoms with E-state index in [0.29, 0.717) is 13.2 Å². The van der Waals surface area contributed by atoms with Crippen LogP contribution in [0.25, 0.3) is 22.3 Å². The van der Waals surface area contributed by atoms with Crippen LogP contribution in [0.5, 0.6) is 11.5 Å². The molecular formula is C32H34N2O2. The van der Waals surface area contributed by atoms with Crippen molar-refractivity contribution in [2.75, 3.05) is 36.1 Å². The summed E-state index contributed by atoms with van der Waals surface area (Å²) in [5.41, 5.74) is 9.77. The van der Waals surface area contributed by atoms with Crippen LogP contribution in [0.2, 0.25) is 0 Å². The molecule has 5 rings (SSSR count). The first-order valence-corrected chi connectivity index (χ1v) is 13.0. The zero-order chi connectivity index (χ0) is 25.1. The molecule has 0 fully saturated rings. The molecule has 1 aliphatic rings. The number of ether oxygens (including phenoxy) is 2. The normalized spacial score (nSPS) is 12.2. The average Bonchev–Trinajstić information content (AvgIpc) is 2.92. The van der Waals surface area contributed by atoms with E-state index in [-0.39, 0.29) is 0 Å². The Labute approximate surface area is 214 Å². The van der Waals surface area contributed by atoms with Crippen molar-refractivity contribution < 1.29 is 9.47 Å². The lowest BCUT2D eigenvalue weighted by molar-refractivity contribution is 0.340. The van der Waals surface area contributed by atoms with Crippen LogP contribution in [-0.4, -0.2) is 26.3 Å². The van der Waals surface area contributed by atoms with Crippen molar-refractivity contribution in [3.8, 4) is 33.8 Å².